The molecule has 3 heterocycles. The number of aryl methyl sites for hydroxylation is 3. The van der Waals surface area contributed by atoms with Crippen LogP contribution >= 0.6 is 11.3 Å². The molecule has 0 aliphatic carbocycles. The lowest BCUT2D eigenvalue weighted by Crippen LogP contribution is -2.30. The Labute approximate surface area is 204 Å². The van der Waals surface area contributed by atoms with Gasteiger partial charge in [-0.05, 0) is 76.3 Å². The lowest BCUT2D eigenvalue weighted by Gasteiger charge is -2.28. The highest BCUT2D eigenvalue weighted by molar-refractivity contribution is 7.92. The largest absolute Gasteiger partial charge is 0.508 e. The second kappa shape index (κ2) is 9.89. The van der Waals surface area contributed by atoms with Crippen molar-refractivity contribution in [2.24, 2.45) is 5.92 Å². The van der Waals surface area contributed by atoms with E-state index < -0.39 is 10.0 Å². The molecule has 2 aromatic heterocycles. The molecule has 10 heteroatoms. The number of thiazole rings is 1. The zero-order valence-electron chi connectivity index (χ0n) is 19.8. The lowest BCUT2D eigenvalue weighted by atomic mass is 9.93. The number of aromatic hydroxyl groups is 1. The van der Waals surface area contributed by atoms with Crippen molar-refractivity contribution in [1.82, 2.24) is 9.97 Å². The van der Waals surface area contributed by atoms with Gasteiger partial charge in [-0.15, -0.1) is 0 Å². The summed E-state index contributed by atoms with van der Waals surface area (Å²) in [5, 5.41) is 14.0. The highest BCUT2D eigenvalue weighted by Gasteiger charge is 2.23. The number of nitrogens with zero attached hydrogens (tertiary/aromatic N) is 2. The monoisotopic (exact) mass is 502 g/mol. The van der Waals surface area contributed by atoms with Crippen molar-refractivity contribution in [3.05, 3.63) is 47.4 Å². The third kappa shape index (κ3) is 5.34. The van der Waals surface area contributed by atoms with Gasteiger partial charge in [0.1, 0.15) is 10.6 Å². The van der Waals surface area contributed by atoms with E-state index in [1.165, 1.54) is 23.5 Å². The first-order valence-electron chi connectivity index (χ1n) is 11.2. The maximum atomic E-state index is 13.2. The van der Waals surface area contributed by atoms with Crippen LogP contribution in [0.2, 0.25) is 0 Å². The van der Waals surface area contributed by atoms with Crippen LogP contribution in [0.4, 0.5) is 10.8 Å². The number of rotatable bonds is 7. The van der Waals surface area contributed by atoms with Crippen molar-refractivity contribution in [3.63, 3.8) is 0 Å². The van der Waals surface area contributed by atoms with E-state index in [9.17, 15) is 13.5 Å². The average molecular weight is 503 g/mol. The van der Waals surface area contributed by atoms with E-state index in [0.29, 0.717) is 28.4 Å². The predicted molar refractivity (Wildman–Crippen MR) is 135 cm³/mol. The van der Waals surface area contributed by atoms with Gasteiger partial charge in [0, 0.05) is 31.0 Å². The normalized spacial score (nSPS) is 15.8. The molecule has 8 nitrogen and oxygen atoms in total. The van der Waals surface area contributed by atoms with E-state index >= 15 is 0 Å². The van der Waals surface area contributed by atoms with Crippen molar-refractivity contribution < 1.29 is 18.3 Å². The van der Waals surface area contributed by atoms with Crippen molar-refractivity contribution in [2.45, 2.75) is 51.5 Å². The van der Waals surface area contributed by atoms with E-state index in [2.05, 4.69) is 26.9 Å². The highest BCUT2D eigenvalue weighted by Crippen LogP contribution is 2.35. The van der Waals surface area contributed by atoms with Crippen molar-refractivity contribution in [2.75, 3.05) is 23.3 Å². The maximum absolute atomic E-state index is 13.2. The van der Waals surface area contributed by atoms with Crippen LogP contribution in [0.1, 0.15) is 36.7 Å². The van der Waals surface area contributed by atoms with E-state index in [1.807, 2.05) is 6.92 Å². The minimum absolute atomic E-state index is 0.0801. The average Bonchev–Trinajstić information content (AvgIpc) is 3.16. The third-order valence-corrected chi connectivity index (χ3v) is 8.79. The van der Waals surface area contributed by atoms with Crippen molar-refractivity contribution in [3.8, 4) is 16.2 Å². The number of aromatic nitrogens is 2. The highest BCUT2D eigenvalue weighted by atomic mass is 32.2. The molecule has 34 heavy (non-hydrogen) atoms. The zero-order valence-corrected chi connectivity index (χ0v) is 21.4. The molecule has 0 amide bonds. The van der Waals surface area contributed by atoms with Crippen LogP contribution in [0.15, 0.2) is 35.4 Å². The molecule has 1 aliphatic rings. The smallest absolute Gasteiger partial charge is 0.263 e. The van der Waals surface area contributed by atoms with Crippen LogP contribution in [0, 0.1) is 26.7 Å². The summed E-state index contributed by atoms with van der Waals surface area (Å²) in [4.78, 5) is 10.0. The number of ether oxygens (including phenoxy) is 1. The molecule has 1 fully saturated rings. The number of hydrogen-bond donors (Lipinski definition) is 3. The van der Waals surface area contributed by atoms with E-state index in [1.54, 1.807) is 32.2 Å². The molecule has 3 N–H and O–H groups in total. The Morgan fingerprint density at radius 3 is 2.59 bits per heavy atom. The van der Waals surface area contributed by atoms with Gasteiger partial charge in [0.2, 0.25) is 0 Å². The molecule has 0 saturated carbocycles. The second-order valence-corrected chi connectivity index (χ2v) is 11.4. The van der Waals surface area contributed by atoms with Crippen molar-refractivity contribution in [1.29, 1.82) is 0 Å². The molecule has 182 valence electrons. The second-order valence-electron chi connectivity index (χ2n) is 8.73. The summed E-state index contributed by atoms with van der Waals surface area (Å²) in [6, 6.07) is 6.41. The number of nitrogens with one attached hydrogen (secondary N) is 2. The van der Waals surface area contributed by atoms with Crippen LogP contribution in [0.25, 0.3) is 10.4 Å². The van der Waals surface area contributed by atoms with Gasteiger partial charge in [-0.3, -0.25) is 9.71 Å². The Hall–Kier alpha value is -2.69. The van der Waals surface area contributed by atoms with Gasteiger partial charge in [0.15, 0.2) is 5.13 Å². The number of pyridine rings is 1. The van der Waals surface area contributed by atoms with Crippen molar-refractivity contribution >= 4 is 32.2 Å². The third-order valence-electron chi connectivity index (χ3n) is 6.17. The molecule has 4 rings (SSSR count). The van der Waals surface area contributed by atoms with Gasteiger partial charge in [-0.1, -0.05) is 11.3 Å². The molecular formula is C24H30N4O4S2. The number of anilines is 2. The predicted octanol–water partition coefficient (Wildman–Crippen LogP) is 4.86. The number of hydrogen-bond acceptors (Lipinski definition) is 8. The molecule has 1 aliphatic heterocycles. The fourth-order valence-electron chi connectivity index (χ4n) is 4.13. The summed E-state index contributed by atoms with van der Waals surface area (Å²) in [6.45, 7) is 9.08. The SMILES string of the molecule is Cc1cc(O)ccc1NS(=O)(=O)c1cc(-c2sc(NC(C)C3CCOCC3)nc2C)cnc1C. The summed E-state index contributed by atoms with van der Waals surface area (Å²) >= 11 is 1.50. The van der Waals surface area contributed by atoms with Crippen LogP contribution in [0.3, 0.4) is 0 Å². The number of phenols is 1. The van der Waals surface area contributed by atoms with E-state index in [4.69, 9.17) is 4.74 Å². The van der Waals surface area contributed by atoms with E-state index in [-0.39, 0.29) is 16.7 Å². The van der Waals surface area contributed by atoms with Gasteiger partial charge in [-0.2, -0.15) is 0 Å². The van der Waals surface area contributed by atoms with Gasteiger partial charge in [-0.25, -0.2) is 13.4 Å². The maximum Gasteiger partial charge on any atom is 0.263 e. The van der Waals surface area contributed by atoms with Crippen LogP contribution in [0.5, 0.6) is 5.75 Å². The quantitative estimate of drug-likeness (QED) is 0.395. The molecule has 1 atom stereocenters. The van der Waals surface area contributed by atoms with Crippen LogP contribution in [-0.2, 0) is 14.8 Å². The fraction of sp³-hybridized carbons (Fsp3) is 0.417. The van der Waals surface area contributed by atoms with Gasteiger partial charge < -0.3 is 15.2 Å². The first kappa shape index (κ1) is 24.4. The minimum atomic E-state index is -3.89. The Kier molecular flexibility index (Phi) is 7.11. The topological polar surface area (TPSA) is 113 Å². The Bertz CT molecular complexity index is 1280. The molecule has 0 radical (unpaired) electrons. The molecule has 0 bridgehead atoms. The number of phenolic OH excluding ortho intramolecular Hbond substituents is 1. The first-order valence-corrected chi connectivity index (χ1v) is 13.5. The Morgan fingerprint density at radius 1 is 1.15 bits per heavy atom. The Balaban J connectivity index is 1.59. The van der Waals surface area contributed by atoms with Gasteiger partial charge in [0.05, 0.1) is 22.0 Å². The molecule has 1 unspecified atom stereocenters. The molecule has 1 aromatic carbocycles. The minimum Gasteiger partial charge on any atom is -0.508 e. The van der Waals surface area contributed by atoms with E-state index in [0.717, 1.165) is 41.8 Å². The summed E-state index contributed by atoms with van der Waals surface area (Å²) in [7, 11) is -3.89. The van der Waals surface area contributed by atoms with Crippen LogP contribution < -0.4 is 10.0 Å². The standard InChI is InChI=1S/C24H30N4O4S2/c1-14-11-20(29)5-6-21(14)28-34(30,31)22-12-19(13-25-16(22)3)23-17(4)27-24(33-23)26-15(2)18-7-9-32-10-8-18/h5-6,11-13,15,18,28-29H,7-10H2,1-4H3,(H,26,27). The molecule has 1 saturated heterocycles. The lowest BCUT2D eigenvalue weighted by molar-refractivity contribution is 0.0622. The number of sulfonamides is 1. The first-order chi connectivity index (χ1) is 16.1. The number of benzene rings is 1. The zero-order chi connectivity index (χ0) is 24.5. The molecular weight excluding hydrogens is 472 g/mol. The summed E-state index contributed by atoms with van der Waals surface area (Å²) in [5.41, 5.74) is 2.96. The fourth-order valence-corrected chi connectivity index (χ4v) is 6.52. The summed E-state index contributed by atoms with van der Waals surface area (Å²) in [5.74, 6) is 0.616. The van der Waals surface area contributed by atoms with Gasteiger partial charge in [0.25, 0.3) is 10.0 Å². The summed E-state index contributed by atoms with van der Waals surface area (Å²) < 4.78 is 34.5. The Morgan fingerprint density at radius 2 is 1.88 bits per heavy atom. The van der Waals surface area contributed by atoms with Gasteiger partial charge >= 0.3 is 0 Å². The molecule has 3 aromatic rings. The molecule has 0 spiro atoms. The summed E-state index contributed by atoms with van der Waals surface area (Å²) in [6.07, 6.45) is 3.75. The van der Waals surface area contributed by atoms with Crippen LogP contribution in [-0.4, -0.2) is 42.7 Å².